The van der Waals surface area contributed by atoms with Crippen molar-refractivity contribution in [3.8, 4) is 0 Å². The minimum absolute atomic E-state index is 0.0976. The van der Waals surface area contributed by atoms with E-state index in [0.717, 1.165) is 24.2 Å². The first kappa shape index (κ1) is 13.6. The summed E-state index contributed by atoms with van der Waals surface area (Å²) < 4.78 is 0. The Hall–Kier alpha value is -1.84. The minimum atomic E-state index is -0.0976. The average molecular weight is 259 g/mol. The van der Waals surface area contributed by atoms with E-state index < -0.39 is 0 Å². The molecule has 1 saturated carbocycles. The molecule has 0 radical (unpaired) electrons. The second-order valence-electron chi connectivity index (χ2n) is 5.00. The van der Waals surface area contributed by atoms with E-state index in [1.807, 2.05) is 31.2 Å². The van der Waals surface area contributed by atoms with Crippen molar-refractivity contribution >= 4 is 17.3 Å². The Bertz CT molecular complexity index is 460. The SMILES string of the molecule is Cc1cccc(NCC(=O)NN=C2CCCCC2)c1. The van der Waals surface area contributed by atoms with Gasteiger partial charge in [0.05, 0.1) is 6.54 Å². The molecule has 1 aromatic carbocycles. The molecule has 0 atom stereocenters. The van der Waals surface area contributed by atoms with Gasteiger partial charge in [-0.2, -0.15) is 5.10 Å². The zero-order valence-electron chi connectivity index (χ0n) is 11.4. The van der Waals surface area contributed by atoms with Crippen LogP contribution in [0.15, 0.2) is 29.4 Å². The fourth-order valence-corrected chi connectivity index (χ4v) is 2.19. The van der Waals surface area contributed by atoms with Gasteiger partial charge >= 0.3 is 0 Å². The zero-order chi connectivity index (χ0) is 13.5. The van der Waals surface area contributed by atoms with Gasteiger partial charge in [-0.15, -0.1) is 0 Å². The van der Waals surface area contributed by atoms with Gasteiger partial charge in [0.25, 0.3) is 5.91 Å². The fraction of sp³-hybridized carbons (Fsp3) is 0.467. The van der Waals surface area contributed by atoms with E-state index in [4.69, 9.17) is 0 Å². The highest BCUT2D eigenvalue weighted by Gasteiger charge is 2.07. The van der Waals surface area contributed by atoms with Crippen molar-refractivity contribution < 1.29 is 4.79 Å². The second-order valence-corrected chi connectivity index (χ2v) is 5.00. The lowest BCUT2D eigenvalue weighted by atomic mass is 9.99. The molecule has 4 nitrogen and oxygen atoms in total. The molecule has 2 N–H and O–H groups in total. The number of benzene rings is 1. The Kier molecular flexibility index (Phi) is 4.95. The number of aryl methyl sites for hydroxylation is 1. The van der Waals surface area contributed by atoms with Crippen LogP contribution >= 0.6 is 0 Å². The molecule has 102 valence electrons. The normalized spacial score (nSPS) is 14.9. The molecule has 2 rings (SSSR count). The lowest BCUT2D eigenvalue weighted by Crippen LogP contribution is -2.27. The molecular formula is C15H21N3O. The molecule has 0 unspecified atom stereocenters. The summed E-state index contributed by atoms with van der Waals surface area (Å²) in [5, 5.41) is 7.28. The summed E-state index contributed by atoms with van der Waals surface area (Å²) in [5.74, 6) is -0.0976. The molecule has 0 saturated heterocycles. The topological polar surface area (TPSA) is 53.5 Å². The molecule has 19 heavy (non-hydrogen) atoms. The summed E-state index contributed by atoms with van der Waals surface area (Å²) in [6, 6.07) is 7.96. The lowest BCUT2D eigenvalue weighted by Gasteiger charge is -2.12. The summed E-state index contributed by atoms with van der Waals surface area (Å²) in [5.41, 5.74) is 5.88. The van der Waals surface area contributed by atoms with Gasteiger partial charge in [-0.1, -0.05) is 18.6 Å². The lowest BCUT2D eigenvalue weighted by molar-refractivity contribution is -0.119. The number of carbonyl (C=O) groups excluding carboxylic acids is 1. The number of nitrogens with zero attached hydrogens (tertiary/aromatic N) is 1. The molecule has 0 spiro atoms. The monoisotopic (exact) mass is 259 g/mol. The van der Waals surface area contributed by atoms with E-state index in [2.05, 4.69) is 15.8 Å². The number of anilines is 1. The Morgan fingerprint density at radius 1 is 1.26 bits per heavy atom. The Morgan fingerprint density at radius 3 is 2.79 bits per heavy atom. The van der Waals surface area contributed by atoms with Crippen LogP contribution in [0, 0.1) is 6.92 Å². The number of rotatable bonds is 4. The van der Waals surface area contributed by atoms with Crippen molar-refractivity contribution in [2.75, 3.05) is 11.9 Å². The summed E-state index contributed by atoms with van der Waals surface area (Å²) in [6.45, 7) is 2.28. The van der Waals surface area contributed by atoms with E-state index in [1.54, 1.807) is 0 Å². The van der Waals surface area contributed by atoms with Crippen molar-refractivity contribution in [1.29, 1.82) is 0 Å². The van der Waals surface area contributed by atoms with Crippen LogP contribution in [-0.4, -0.2) is 18.2 Å². The summed E-state index contributed by atoms with van der Waals surface area (Å²) in [4.78, 5) is 11.7. The van der Waals surface area contributed by atoms with Gasteiger partial charge in [-0.3, -0.25) is 4.79 Å². The molecule has 1 aliphatic carbocycles. The van der Waals surface area contributed by atoms with Gasteiger partial charge in [-0.25, -0.2) is 5.43 Å². The summed E-state index contributed by atoms with van der Waals surface area (Å²) >= 11 is 0. The molecule has 0 heterocycles. The molecule has 1 amide bonds. The number of nitrogens with one attached hydrogen (secondary N) is 2. The van der Waals surface area contributed by atoms with Gasteiger partial charge in [0.1, 0.15) is 0 Å². The third-order valence-corrected chi connectivity index (χ3v) is 3.24. The average Bonchev–Trinajstić information content (AvgIpc) is 2.44. The fourth-order valence-electron chi connectivity index (χ4n) is 2.19. The zero-order valence-corrected chi connectivity index (χ0v) is 11.4. The maximum atomic E-state index is 11.7. The van der Waals surface area contributed by atoms with Crippen molar-refractivity contribution in [2.45, 2.75) is 39.0 Å². The predicted molar refractivity (Wildman–Crippen MR) is 78.3 cm³/mol. The molecule has 1 aromatic rings. The van der Waals surface area contributed by atoms with E-state index >= 15 is 0 Å². The third-order valence-electron chi connectivity index (χ3n) is 3.24. The van der Waals surface area contributed by atoms with E-state index in [-0.39, 0.29) is 12.5 Å². The molecule has 0 bridgehead atoms. The van der Waals surface area contributed by atoms with Crippen molar-refractivity contribution in [3.05, 3.63) is 29.8 Å². The first-order valence-electron chi connectivity index (χ1n) is 6.89. The standard InChI is InChI=1S/C15H21N3O/c1-12-6-5-9-14(10-12)16-11-15(19)18-17-13-7-3-2-4-8-13/h5-6,9-10,16H,2-4,7-8,11H2,1H3,(H,18,19). The maximum Gasteiger partial charge on any atom is 0.259 e. The van der Waals surface area contributed by atoms with Gasteiger partial charge in [-0.05, 0) is 50.3 Å². The highest BCUT2D eigenvalue weighted by molar-refractivity contribution is 5.87. The van der Waals surface area contributed by atoms with Crippen LogP contribution in [0.25, 0.3) is 0 Å². The van der Waals surface area contributed by atoms with Crippen LogP contribution in [-0.2, 0) is 4.79 Å². The van der Waals surface area contributed by atoms with Gasteiger partial charge in [0.15, 0.2) is 0 Å². The maximum absolute atomic E-state index is 11.7. The van der Waals surface area contributed by atoms with Crippen molar-refractivity contribution in [2.24, 2.45) is 5.10 Å². The summed E-state index contributed by atoms with van der Waals surface area (Å²) in [6.07, 6.45) is 5.70. The second kappa shape index (κ2) is 6.92. The van der Waals surface area contributed by atoms with Crippen LogP contribution in [0.1, 0.15) is 37.7 Å². The van der Waals surface area contributed by atoms with Crippen molar-refractivity contribution in [1.82, 2.24) is 5.43 Å². The molecule has 0 aliphatic heterocycles. The highest BCUT2D eigenvalue weighted by atomic mass is 16.2. The smallest absolute Gasteiger partial charge is 0.259 e. The van der Waals surface area contributed by atoms with Crippen LogP contribution in [0.2, 0.25) is 0 Å². The third kappa shape index (κ3) is 4.73. The molecule has 0 aromatic heterocycles. The van der Waals surface area contributed by atoms with E-state index in [9.17, 15) is 4.79 Å². The van der Waals surface area contributed by atoms with E-state index in [1.165, 1.54) is 24.8 Å². The molecular weight excluding hydrogens is 238 g/mol. The van der Waals surface area contributed by atoms with Gasteiger partial charge in [0.2, 0.25) is 0 Å². The molecule has 1 aliphatic rings. The Labute approximate surface area is 114 Å². The first-order chi connectivity index (χ1) is 9.24. The number of amides is 1. The number of hydrogen-bond acceptors (Lipinski definition) is 3. The summed E-state index contributed by atoms with van der Waals surface area (Å²) in [7, 11) is 0. The Balaban J connectivity index is 1.75. The first-order valence-corrected chi connectivity index (χ1v) is 6.89. The predicted octanol–water partition coefficient (Wildman–Crippen LogP) is 2.84. The minimum Gasteiger partial charge on any atom is -0.376 e. The molecule has 4 heteroatoms. The van der Waals surface area contributed by atoms with Gasteiger partial charge < -0.3 is 5.32 Å². The Morgan fingerprint density at radius 2 is 2.05 bits per heavy atom. The quantitative estimate of drug-likeness (QED) is 0.817. The number of hydrogen-bond donors (Lipinski definition) is 2. The number of carbonyl (C=O) groups is 1. The van der Waals surface area contributed by atoms with Crippen LogP contribution in [0.4, 0.5) is 5.69 Å². The van der Waals surface area contributed by atoms with Gasteiger partial charge in [0, 0.05) is 11.4 Å². The van der Waals surface area contributed by atoms with Crippen molar-refractivity contribution in [3.63, 3.8) is 0 Å². The largest absolute Gasteiger partial charge is 0.376 e. The number of hydrazone groups is 1. The van der Waals surface area contributed by atoms with Crippen LogP contribution in [0.5, 0.6) is 0 Å². The molecule has 1 fully saturated rings. The van der Waals surface area contributed by atoms with Crippen LogP contribution < -0.4 is 10.7 Å². The van der Waals surface area contributed by atoms with Crippen LogP contribution in [0.3, 0.4) is 0 Å². The van der Waals surface area contributed by atoms with E-state index in [0.29, 0.717) is 0 Å². The highest BCUT2D eigenvalue weighted by Crippen LogP contribution is 2.14.